The normalized spacial score (nSPS) is 14.2. The van der Waals surface area contributed by atoms with Gasteiger partial charge in [0.15, 0.2) is 0 Å². The third kappa shape index (κ3) is 5.46. The van der Waals surface area contributed by atoms with Crippen molar-refractivity contribution in [2.75, 3.05) is 46.0 Å². The predicted molar refractivity (Wildman–Crippen MR) is 131 cm³/mol. The first-order valence-corrected chi connectivity index (χ1v) is 11.8. The van der Waals surface area contributed by atoms with E-state index in [0.717, 1.165) is 67.7 Å². The predicted octanol–water partition coefficient (Wildman–Crippen LogP) is 4.30. The van der Waals surface area contributed by atoms with Gasteiger partial charge in [-0.05, 0) is 50.6 Å². The monoisotopic (exact) mass is 447 g/mol. The molecular weight excluding hydrogens is 414 g/mol. The van der Waals surface area contributed by atoms with Crippen molar-refractivity contribution in [2.24, 2.45) is 0 Å². The Bertz CT molecular complexity index is 1060. The molecule has 0 saturated carbocycles. The van der Waals surface area contributed by atoms with Crippen LogP contribution in [0.2, 0.25) is 0 Å². The van der Waals surface area contributed by atoms with E-state index in [4.69, 9.17) is 9.47 Å². The summed E-state index contributed by atoms with van der Waals surface area (Å²) in [6.07, 6.45) is 0.921. The quantitative estimate of drug-likeness (QED) is 0.497. The minimum Gasteiger partial charge on any atom is -0.492 e. The number of nitrogens with zero attached hydrogens (tertiary/aromatic N) is 2. The minimum atomic E-state index is -0.0423. The van der Waals surface area contributed by atoms with Gasteiger partial charge in [-0.3, -0.25) is 9.69 Å². The van der Waals surface area contributed by atoms with Crippen LogP contribution in [0.4, 0.5) is 0 Å². The lowest BCUT2D eigenvalue weighted by Crippen LogP contribution is -2.38. The standard InChI is InChI=1S/C27H33N3O3/c1-3-33-26-13-8-7-12-24(26)30-21(2)23(20-25(30)22-10-5-4-6-11-22)27(31)28-14-9-15-29-16-18-32-19-17-29/h4-8,10-13,20H,3,9,14-19H2,1-2H3,(H,28,31). The van der Waals surface area contributed by atoms with E-state index < -0.39 is 0 Å². The second-order valence-corrected chi connectivity index (χ2v) is 8.19. The fourth-order valence-electron chi connectivity index (χ4n) is 4.31. The molecule has 33 heavy (non-hydrogen) atoms. The second-order valence-electron chi connectivity index (χ2n) is 8.19. The van der Waals surface area contributed by atoms with Gasteiger partial charge in [-0.2, -0.15) is 0 Å². The zero-order valence-electron chi connectivity index (χ0n) is 19.5. The van der Waals surface area contributed by atoms with Gasteiger partial charge in [0.25, 0.3) is 5.91 Å². The van der Waals surface area contributed by atoms with Gasteiger partial charge < -0.3 is 19.4 Å². The number of morpholine rings is 1. The largest absolute Gasteiger partial charge is 0.492 e. The molecule has 0 aliphatic carbocycles. The molecule has 1 saturated heterocycles. The maximum atomic E-state index is 13.2. The molecule has 2 aromatic carbocycles. The zero-order valence-corrected chi connectivity index (χ0v) is 19.5. The number of benzene rings is 2. The van der Waals surface area contributed by atoms with Crippen LogP contribution in [0.3, 0.4) is 0 Å². The number of aromatic nitrogens is 1. The highest BCUT2D eigenvalue weighted by molar-refractivity contribution is 5.97. The van der Waals surface area contributed by atoms with Gasteiger partial charge in [0.2, 0.25) is 0 Å². The molecule has 3 aromatic rings. The van der Waals surface area contributed by atoms with Gasteiger partial charge in [-0.15, -0.1) is 0 Å². The first-order valence-electron chi connectivity index (χ1n) is 11.8. The first-order chi connectivity index (χ1) is 16.2. The van der Waals surface area contributed by atoms with E-state index in [0.29, 0.717) is 18.7 Å². The molecule has 1 aliphatic rings. The first kappa shape index (κ1) is 23.1. The number of amides is 1. The Hall–Kier alpha value is -3.09. The number of ether oxygens (including phenoxy) is 2. The number of para-hydroxylation sites is 2. The van der Waals surface area contributed by atoms with Gasteiger partial charge in [-0.1, -0.05) is 42.5 Å². The summed E-state index contributed by atoms with van der Waals surface area (Å²) in [5.41, 5.74) is 4.54. The van der Waals surface area contributed by atoms with Crippen molar-refractivity contribution in [1.29, 1.82) is 0 Å². The average molecular weight is 448 g/mol. The van der Waals surface area contributed by atoms with Crippen molar-refractivity contribution in [3.8, 4) is 22.7 Å². The highest BCUT2D eigenvalue weighted by Gasteiger charge is 2.21. The number of nitrogens with one attached hydrogen (secondary N) is 1. The van der Waals surface area contributed by atoms with Crippen LogP contribution in [-0.4, -0.2) is 61.4 Å². The van der Waals surface area contributed by atoms with Crippen molar-refractivity contribution in [3.05, 3.63) is 71.9 Å². The van der Waals surface area contributed by atoms with Crippen LogP contribution in [-0.2, 0) is 4.74 Å². The van der Waals surface area contributed by atoms with Gasteiger partial charge in [0, 0.05) is 25.3 Å². The number of carbonyl (C=O) groups is 1. The van der Waals surface area contributed by atoms with E-state index in [1.165, 1.54) is 0 Å². The summed E-state index contributed by atoms with van der Waals surface area (Å²) in [6, 6.07) is 20.1. The molecule has 6 heteroatoms. The Balaban J connectivity index is 1.58. The average Bonchev–Trinajstić information content (AvgIpc) is 3.20. The van der Waals surface area contributed by atoms with E-state index in [9.17, 15) is 4.79 Å². The van der Waals surface area contributed by atoms with E-state index in [1.54, 1.807) is 0 Å². The fraction of sp³-hybridized carbons (Fsp3) is 0.370. The topological polar surface area (TPSA) is 55.7 Å². The Morgan fingerprint density at radius 3 is 2.55 bits per heavy atom. The van der Waals surface area contributed by atoms with Gasteiger partial charge in [0.1, 0.15) is 5.75 Å². The fourth-order valence-corrected chi connectivity index (χ4v) is 4.31. The van der Waals surface area contributed by atoms with Gasteiger partial charge in [-0.25, -0.2) is 0 Å². The second kappa shape index (κ2) is 11.2. The Morgan fingerprint density at radius 2 is 1.79 bits per heavy atom. The number of hydrogen-bond donors (Lipinski definition) is 1. The van der Waals surface area contributed by atoms with Crippen LogP contribution in [0.5, 0.6) is 5.75 Å². The molecule has 1 amide bonds. The van der Waals surface area contributed by atoms with E-state index in [1.807, 2.05) is 62.4 Å². The molecule has 0 radical (unpaired) electrons. The zero-order chi connectivity index (χ0) is 23.0. The Labute approximate surface area is 196 Å². The molecular formula is C27H33N3O3. The summed E-state index contributed by atoms with van der Waals surface area (Å²) in [5.74, 6) is 0.757. The van der Waals surface area contributed by atoms with Crippen LogP contribution in [0.1, 0.15) is 29.4 Å². The van der Waals surface area contributed by atoms with Crippen molar-refractivity contribution in [2.45, 2.75) is 20.3 Å². The molecule has 0 bridgehead atoms. The summed E-state index contributed by atoms with van der Waals surface area (Å²) in [6.45, 7) is 9.71. The Kier molecular flexibility index (Phi) is 7.81. The van der Waals surface area contributed by atoms with Crippen LogP contribution in [0.15, 0.2) is 60.7 Å². The van der Waals surface area contributed by atoms with Crippen LogP contribution >= 0.6 is 0 Å². The summed E-state index contributed by atoms with van der Waals surface area (Å²) >= 11 is 0. The smallest absolute Gasteiger partial charge is 0.253 e. The molecule has 0 spiro atoms. The van der Waals surface area contributed by atoms with Crippen molar-refractivity contribution >= 4 is 5.91 Å². The van der Waals surface area contributed by atoms with E-state index in [2.05, 4.69) is 26.9 Å². The van der Waals surface area contributed by atoms with Crippen molar-refractivity contribution in [3.63, 3.8) is 0 Å². The molecule has 0 unspecified atom stereocenters. The minimum absolute atomic E-state index is 0.0423. The highest BCUT2D eigenvalue weighted by atomic mass is 16.5. The number of hydrogen-bond acceptors (Lipinski definition) is 4. The summed E-state index contributed by atoms with van der Waals surface area (Å²) in [7, 11) is 0. The van der Waals surface area contributed by atoms with Crippen LogP contribution < -0.4 is 10.1 Å². The molecule has 2 heterocycles. The van der Waals surface area contributed by atoms with Crippen molar-refractivity contribution < 1.29 is 14.3 Å². The van der Waals surface area contributed by atoms with Gasteiger partial charge >= 0.3 is 0 Å². The maximum Gasteiger partial charge on any atom is 0.253 e. The molecule has 4 rings (SSSR count). The summed E-state index contributed by atoms with van der Waals surface area (Å²) in [4.78, 5) is 15.6. The number of carbonyl (C=O) groups excluding carboxylic acids is 1. The van der Waals surface area contributed by atoms with Crippen LogP contribution in [0.25, 0.3) is 16.9 Å². The lowest BCUT2D eigenvalue weighted by atomic mass is 10.1. The lowest BCUT2D eigenvalue weighted by Gasteiger charge is -2.26. The SMILES string of the molecule is CCOc1ccccc1-n1c(-c2ccccc2)cc(C(=O)NCCCN2CCOCC2)c1C. The third-order valence-electron chi connectivity index (χ3n) is 6.01. The van der Waals surface area contributed by atoms with E-state index in [-0.39, 0.29) is 5.91 Å². The molecule has 1 N–H and O–H groups in total. The molecule has 174 valence electrons. The highest BCUT2D eigenvalue weighted by Crippen LogP contribution is 2.33. The third-order valence-corrected chi connectivity index (χ3v) is 6.01. The maximum absolute atomic E-state index is 13.2. The van der Waals surface area contributed by atoms with Crippen LogP contribution in [0, 0.1) is 6.92 Å². The molecule has 1 fully saturated rings. The van der Waals surface area contributed by atoms with E-state index >= 15 is 0 Å². The molecule has 0 atom stereocenters. The molecule has 1 aromatic heterocycles. The Morgan fingerprint density at radius 1 is 1.06 bits per heavy atom. The molecule has 6 nitrogen and oxygen atoms in total. The van der Waals surface area contributed by atoms with Crippen molar-refractivity contribution in [1.82, 2.24) is 14.8 Å². The van der Waals surface area contributed by atoms with Gasteiger partial charge in [0.05, 0.1) is 36.8 Å². The molecule has 1 aliphatic heterocycles. The summed E-state index contributed by atoms with van der Waals surface area (Å²) in [5, 5.41) is 3.12. The number of rotatable bonds is 9. The summed E-state index contributed by atoms with van der Waals surface area (Å²) < 4.78 is 13.4. The lowest BCUT2D eigenvalue weighted by molar-refractivity contribution is 0.0374.